The highest BCUT2D eigenvalue weighted by atomic mass is 32.2. The first-order chi connectivity index (χ1) is 8.93. The van der Waals surface area contributed by atoms with E-state index in [-0.39, 0.29) is 23.4 Å². The normalized spacial score (nSPS) is 21.3. The number of rotatable bonds is 4. The van der Waals surface area contributed by atoms with E-state index in [2.05, 4.69) is 15.3 Å². The minimum Gasteiger partial charge on any atom is -0.354 e. The predicted octanol–water partition coefficient (Wildman–Crippen LogP) is 0.671. The molecular formula is C11H17FN4O2S. The van der Waals surface area contributed by atoms with E-state index >= 15 is 0 Å². The summed E-state index contributed by atoms with van der Waals surface area (Å²) in [7, 11) is -1.35. The Kier molecular flexibility index (Phi) is 3.88. The molecule has 1 aliphatic heterocycles. The molecule has 0 aromatic carbocycles. The molecule has 6 nitrogen and oxygen atoms in total. The summed E-state index contributed by atoms with van der Waals surface area (Å²) in [5.74, 6) is 0.117. The molecule has 0 bridgehead atoms. The van der Waals surface area contributed by atoms with Crippen molar-refractivity contribution >= 4 is 21.6 Å². The van der Waals surface area contributed by atoms with Crippen LogP contribution in [0.15, 0.2) is 6.20 Å². The van der Waals surface area contributed by atoms with Crippen LogP contribution in [0, 0.1) is 5.82 Å². The third-order valence-electron chi connectivity index (χ3n) is 3.15. The van der Waals surface area contributed by atoms with E-state index in [1.807, 2.05) is 6.92 Å². The van der Waals surface area contributed by atoms with Crippen LogP contribution in [0.2, 0.25) is 0 Å². The van der Waals surface area contributed by atoms with Crippen molar-refractivity contribution < 1.29 is 12.8 Å². The molecule has 19 heavy (non-hydrogen) atoms. The third-order valence-corrected chi connectivity index (χ3v) is 4.90. The maximum absolute atomic E-state index is 13.8. The second-order valence-corrected chi connectivity index (χ2v) is 6.79. The topological polar surface area (TPSA) is 75.2 Å². The van der Waals surface area contributed by atoms with Gasteiger partial charge in [0.2, 0.25) is 5.95 Å². The Balaban J connectivity index is 2.23. The zero-order valence-corrected chi connectivity index (χ0v) is 11.7. The molecular weight excluding hydrogens is 271 g/mol. The predicted molar refractivity (Wildman–Crippen MR) is 71.6 cm³/mol. The minimum absolute atomic E-state index is 0.0451. The average molecular weight is 288 g/mol. The zero-order chi connectivity index (χ0) is 14.0. The maximum Gasteiger partial charge on any atom is 0.224 e. The van der Waals surface area contributed by atoms with Gasteiger partial charge in [0.25, 0.3) is 0 Å². The maximum atomic E-state index is 13.8. The van der Waals surface area contributed by atoms with Crippen molar-refractivity contribution in [1.29, 1.82) is 0 Å². The highest BCUT2D eigenvalue weighted by Gasteiger charge is 2.32. The molecule has 0 aliphatic carbocycles. The summed E-state index contributed by atoms with van der Waals surface area (Å²) in [6.07, 6.45) is 1.60. The lowest BCUT2D eigenvalue weighted by Gasteiger charge is -2.24. The molecule has 2 heterocycles. The van der Waals surface area contributed by atoms with Gasteiger partial charge in [0.05, 0.1) is 17.7 Å². The Labute approximate surface area is 112 Å². The molecule has 106 valence electrons. The van der Waals surface area contributed by atoms with E-state index in [0.29, 0.717) is 18.9 Å². The van der Waals surface area contributed by atoms with Crippen molar-refractivity contribution in [3.05, 3.63) is 12.0 Å². The van der Waals surface area contributed by atoms with Gasteiger partial charge in [-0.15, -0.1) is 0 Å². The van der Waals surface area contributed by atoms with E-state index in [0.717, 1.165) is 6.20 Å². The molecule has 1 N–H and O–H groups in total. The van der Waals surface area contributed by atoms with Gasteiger partial charge in [-0.3, -0.25) is 0 Å². The van der Waals surface area contributed by atoms with Gasteiger partial charge in [-0.1, -0.05) is 0 Å². The highest BCUT2D eigenvalue weighted by molar-refractivity contribution is 7.91. The minimum atomic E-state index is -3.00. The second-order valence-electron chi connectivity index (χ2n) is 4.56. The summed E-state index contributed by atoms with van der Waals surface area (Å²) < 4.78 is 36.7. The van der Waals surface area contributed by atoms with Crippen molar-refractivity contribution in [2.45, 2.75) is 19.4 Å². The van der Waals surface area contributed by atoms with Gasteiger partial charge in [0, 0.05) is 19.6 Å². The number of hydrogen-bond donors (Lipinski definition) is 1. The first-order valence-electron chi connectivity index (χ1n) is 6.12. The molecule has 1 aromatic rings. The number of aromatic nitrogens is 2. The summed E-state index contributed by atoms with van der Waals surface area (Å²) >= 11 is 0. The Hall–Kier alpha value is -1.44. The van der Waals surface area contributed by atoms with Crippen LogP contribution in [-0.2, 0) is 9.84 Å². The van der Waals surface area contributed by atoms with E-state index < -0.39 is 15.7 Å². The molecule has 1 aromatic heterocycles. The molecule has 8 heteroatoms. The number of halogens is 1. The van der Waals surface area contributed by atoms with Gasteiger partial charge in [-0.25, -0.2) is 17.8 Å². The molecule has 1 saturated heterocycles. The van der Waals surface area contributed by atoms with Crippen LogP contribution in [0.4, 0.5) is 16.2 Å². The van der Waals surface area contributed by atoms with Crippen LogP contribution in [-0.4, -0.2) is 49.5 Å². The summed E-state index contributed by atoms with van der Waals surface area (Å²) in [6, 6.07) is -0.233. The van der Waals surface area contributed by atoms with Crippen molar-refractivity contribution in [3.8, 4) is 0 Å². The summed E-state index contributed by atoms with van der Waals surface area (Å²) in [6.45, 7) is 2.52. The fourth-order valence-electron chi connectivity index (χ4n) is 2.10. The Bertz CT molecular complexity index is 564. The third kappa shape index (κ3) is 3.12. The first-order valence-corrected chi connectivity index (χ1v) is 7.94. The van der Waals surface area contributed by atoms with E-state index in [4.69, 9.17) is 0 Å². The van der Waals surface area contributed by atoms with Gasteiger partial charge >= 0.3 is 0 Å². The molecule has 1 atom stereocenters. The van der Waals surface area contributed by atoms with Gasteiger partial charge in [-0.05, 0) is 13.3 Å². The summed E-state index contributed by atoms with van der Waals surface area (Å²) in [5.41, 5.74) is 0. The molecule has 0 radical (unpaired) electrons. The molecule has 1 fully saturated rings. The zero-order valence-electron chi connectivity index (χ0n) is 10.9. The van der Waals surface area contributed by atoms with Crippen LogP contribution < -0.4 is 10.2 Å². The monoisotopic (exact) mass is 288 g/mol. The van der Waals surface area contributed by atoms with Crippen LogP contribution in [0.5, 0.6) is 0 Å². The molecule has 1 unspecified atom stereocenters. The molecule has 2 rings (SSSR count). The molecule has 0 amide bonds. The lowest BCUT2D eigenvalue weighted by Crippen LogP contribution is -2.34. The van der Waals surface area contributed by atoms with Crippen molar-refractivity contribution in [1.82, 2.24) is 9.97 Å². The fraction of sp³-hybridized carbons (Fsp3) is 0.636. The highest BCUT2D eigenvalue weighted by Crippen LogP contribution is 2.24. The van der Waals surface area contributed by atoms with Crippen molar-refractivity contribution in [2.24, 2.45) is 0 Å². The van der Waals surface area contributed by atoms with Gasteiger partial charge in [-0.2, -0.15) is 4.98 Å². The van der Waals surface area contributed by atoms with Gasteiger partial charge in [0.1, 0.15) is 0 Å². The Morgan fingerprint density at radius 2 is 2.32 bits per heavy atom. The van der Waals surface area contributed by atoms with Crippen LogP contribution in [0.1, 0.15) is 13.3 Å². The van der Waals surface area contributed by atoms with E-state index in [1.165, 1.54) is 0 Å². The smallest absolute Gasteiger partial charge is 0.224 e. The SMILES string of the molecule is CCNc1ncc(F)c(N(C)C2CCS(=O)(=O)C2)n1. The van der Waals surface area contributed by atoms with Crippen LogP contribution in [0.25, 0.3) is 0 Å². The number of hydrogen-bond acceptors (Lipinski definition) is 6. The standard InChI is InChI=1S/C11H17FN4O2S/c1-3-13-11-14-6-9(12)10(15-11)16(2)8-4-5-19(17,18)7-8/h6,8H,3-5,7H2,1-2H3,(H,13,14,15). The molecule has 0 saturated carbocycles. The fourth-order valence-corrected chi connectivity index (χ4v) is 3.88. The quantitative estimate of drug-likeness (QED) is 0.877. The summed E-state index contributed by atoms with van der Waals surface area (Å²) in [4.78, 5) is 9.50. The molecule has 1 aliphatic rings. The Morgan fingerprint density at radius 3 is 2.89 bits per heavy atom. The first kappa shape index (κ1) is 14.0. The van der Waals surface area contributed by atoms with Crippen molar-refractivity contribution in [2.75, 3.05) is 35.3 Å². The number of nitrogens with one attached hydrogen (secondary N) is 1. The lowest BCUT2D eigenvalue weighted by atomic mass is 10.2. The second kappa shape index (κ2) is 5.28. The number of nitrogens with zero attached hydrogens (tertiary/aromatic N) is 3. The van der Waals surface area contributed by atoms with E-state index in [1.54, 1.807) is 11.9 Å². The Morgan fingerprint density at radius 1 is 1.58 bits per heavy atom. The van der Waals surface area contributed by atoms with Crippen LogP contribution in [0.3, 0.4) is 0 Å². The van der Waals surface area contributed by atoms with Crippen molar-refractivity contribution in [3.63, 3.8) is 0 Å². The molecule has 0 spiro atoms. The van der Waals surface area contributed by atoms with E-state index in [9.17, 15) is 12.8 Å². The number of anilines is 2. The lowest BCUT2D eigenvalue weighted by molar-refractivity contribution is 0.588. The van der Waals surface area contributed by atoms with Crippen LogP contribution >= 0.6 is 0 Å². The number of sulfone groups is 1. The largest absolute Gasteiger partial charge is 0.354 e. The average Bonchev–Trinajstić information content (AvgIpc) is 2.72. The summed E-state index contributed by atoms with van der Waals surface area (Å²) in [5, 5.41) is 2.90. The van der Waals surface area contributed by atoms with Gasteiger partial charge < -0.3 is 10.2 Å². The van der Waals surface area contributed by atoms with Gasteiger partial charge in [0.15, 0.2) is 21.5 Å².